The summed E-state index contributed by atoms with van der Waals surface area (Å²) >= 11 is 6.01. The second-order valence-electron chi connectivity index (χ2n) is 8.20. The number of hydrogen-bond donors (Lipinski definition) is 1. The first-order chi connectivity index (χ1) is 15.6. The number of carbonyl (C=O) groups excluding carboxylic acids is 1. The maximum Gasteiger partial charge on any atom is 0.261 e. The molecule has 0 bridgehead atoms. The Kier molecular flexibility index (Phi) is 5.50. The van der Waals surface area contributed by atoms with E-state index in [0.29, 0.717) is 34.1 Å². The minimum absolute atomic E-state index is 0.0917. The average Bonchev–Trinajstić information content (AvgIpc) is 3.63. The van der Waals surface area contributed by atoms with E-state index < -0.39 is 0 Å². The topological polar surface area (TPSA) is 64.0 Å². The SMILES string of the molecule is O=C(Cc1ccccc1)Nc1ccc2nc(C3CC3)n(Cc3ccc(Cl)cc3)c(=O)c2c1. The third-order valence-corrected chi connectivity index (χ3v) is 5.92. The fourth-order valence-electron chi connectivity index (χ4n) is 3.88. The van der Waals surface area contributed by atoms with Crippen molar-refractivity contribution >= 4 is 34.1 Å². The molecule has 1 aromatic heterocycles. The lowest BCUT2D eigenvalue weighted by molar-refractivity contribution is -0.115. The molecule has 1 heterocycles. The lowest BCUT2D eigenvalue weighted by Gasteiger charge is -2.14. The molecule has 5 rings (SSSR count). The smallest absolute Gasteiger partial charge is 0.261 e. The van der Waals surface area contributed by atoms with Crippen LogP contribution in [0.3, 0.4) is 0 Å². The van der Waals surface area contributed by atoms with Gasteiger partial charge in [0.05, 0.1) is 23.9 Å². The number of carbonyl (C=O) groups is 1. The van der Waals surface area contributed by atoms with Crippen LogP contribution in [-0.2, 0) is 17.8 Å². The molecule has 4 aromatic rings. The summed E-state index contributed by atoms with van der Waals surface area (Å²) in [6, 6.07) is 22.4. The van der Waals surface area contributed by atoms with E-state index in [-0.39, 0.29) is 17.9 Å². The maximum absolute atomic E-state index is 13.5. The van der Waals surface area contributed by atoms with Gasteiger partial charge in [-0.3, -0.25) is 14.2 Å². The number of anilines is 1. The molecule has 0 saturated heterocycles. The Balaban J connectivity index is 1.47. The first kappa shape index (κ1) is 20.5. The third-order valence-electron chi connectivity index (χ3n) is 5.67. The van der Waals surface area contributed by atoms with Crippen molar-refractivity contribution < 1.29 is 4.79 Å². The Morgan fingerprint density at radius 1 is 1.00 bits per heavy atom. The van der Waals surface area contributed by atoms with Gasteiger partial charge in [0.1, 0.15) is 5.82 Å². The zero-order chi connectivity index (χ0) is 22.1. The van der Waals surface area contributed by atoms with Crippen molar-refractivity contribution in [3.8, 4) is 0 Å². The van der Waals surface area contributed by atoms with Crippen molar-refractivity contribution in [2.45, 2.75) is 31.7 Å². The van der Waals surface area contributed by atoms with Gasteiger partial charge in [0, 0.05) is 16.6 Å². The average molecular weight is 444 g/mol. The molecule has 0 spiro atoms. The minimum Gasteiger partial charge on any atom is -0.326 e. The van der Waals surface area contributed by atoms with Crippen LogP contribution in [0.25, 0.3) is 10.9 Å². The number of fused-ring (bicyclic) bond motifs is 1. The van der Waals surface area contributed by atoms with E-state index in [0.717, 1.165) is 29.8 Å². The highest BCUT2D eigenvalue weighted by molar-refractivity contribution is 6.30. The van der Waals surface area contributed by atoms with Crippen LogP contribution in [0.1, 0.15) is 35.7 Å². The van der Waals surface area contributed by atoms with Crippen LogP contribution < -0.4 is 10.9 Å². The zero-order valence-corrected chi connectivity index (χ0v) is 18.2. The number of amides is 1. The number of nitrogens with one attached hydrogen (secondary N) is 1. The molecule has 1 saturated carbocycles. The number of benzene rings is 3. The maximum atomic E-state index is 13.5. The Labute approximate surface area is 190 Å². The lowest BCUT2D eigenvalue weighted by atomic mass is 10.1. The van der Waals surface area contributed by atoms with Crippen LogP contribution in [0.15, 0.2) is 77.6 Å². The Hall–Kier alpha value is -3.44. The van der Waals surface area contributed by atoms with Crippen molar-refractivity contribution in [1.82, 2.24) is 9.55 Å². The summed E-state index contributed by atoms with van der Waals surface area (Å²) in [7, 11) is 0. The highest BCUT2D eigenvalue weighted by Gasteiger charge is 2.29. The largest absolute Gasteiger partial charge is 0.326 e. The predicted octanol–water partition coefficient (Wildman–Crippen LogP) is 5.16. The van der Waals surface area contributed by atoms with Gasteiger partial charge in [-0.15, -0.1) is 0 Å². The molecule has 32 heavy (non-hydrogen) atoms. The van der Waals surface area contributed by atoms with E-state index in [1.165, 1.54) is 0 Å². The van der Waals surface area contributed by atoms with Gasteiger partial charge in [-0.25, -0.2) is 4.98 Å². The lowest BCUT2D eigenvalue weighted by Crippen LogP contribution is -2.26. The molecule has 5 nitrogen and oxygen atoms in total. The van der Waals surface area contributed by atoms with E-state index in [1.54, 1.807) is 16.7 Å². The molecule has 0 unspecified atom stereocenters. The fourth-order valence-corrected chi connectivity index (χ4v) is 4.01. The van der Waals surface area contributed by atoms with Gasteiger partial charge in [0.25, 0.3) is 5.56 Å². The third kappa shape index (κ3) is 4.43. The molecule has 0 radical (unpaired) electrons. The predicted molar refractivity (Wildman–Crippen MR) is 127 cm³/mol. The number of hydrogen-bond acceptors (Lipinski definition) is 3. The number of nitrogens with zero attached hydrogens (tertiary/aromatic N) is 2. The molecular formula is C26H22ClN3O2. The second-order valence-corrected chi connectivity index (χ2v) is 8.64. The summed E-state index contributed by atoms with van der Waals surface area (Å²) < 4.78 is 1.76. The molecule has 1 fully saturated rings. The minimum atomic E-state index is -0.125. The molecule has 1 aliphatic carbocycles. The van der Waals surface area contributed by atoms with E-state index in [1.807, 2.05) is 60.7 Å². The number of aromatic nitrogens is 2. The Bertz CT molecular complexity index is 1340. The van der Waals surface area contributed by atoms with Gasteiger partial charge in [0.2, 0.25) is 5.91 Å². The van der Waals surface area contributed by atoms with Crippen molar-refractivity contribution in [3.63, 3.8) is 0 Å². The van der Waals surface area contributed by atoms with Gasteiger partial charge in [-0.2, -0.15) is 0 Å². The van der Waals surface area contributed by atoms with Crippen molar-refractivity contribution in [3.05, 3.63) is 105 Å². The monoisotopic (exact) mass is 443 g/mol. The fraction of sp³-hybridized carbons (Fsp3) is 0.192. The summed E-state index contributed by atoms with van der Waals surface area (Å²) in [4.78, 5) is 30.8. The Morgan fingerprint density at radius 2 is 1.75 bits per heavy atom. The number of rotatable bonds is 6. The summed E-state index contributed by atoms with van der Waals surface area (Å²) in [6.45, 7) is 0.440. The standard InChI is InChI=1S/C26H22ClN3O2/c27-20-10-6-18(7-11-20)16-30-25(19-8-9-19)29-23-13-12-21(15-22(23)26(30)32)28-24(31)14-17-4-2-1-3-5-17/h1-7,10-13,15,19H,8-9,14,16H2,(H,28,31). The summed E-state index contributed by atoms with van der Waals surface area (Å²) in [5.41, 5.74) is 3.09. The first-order valence-corrected chi connectivity index (χ1v) is 11.1. The summed E-state index contributed by atoms with van der Waals surface area (Å²) in [5, 5.41) is 4.07. The Morgan fingerprint density at radius 3 is 2.47 bits per heavy atom. The van der Waals surface area contributed by atoms with Crippen molar-refractivity contribution in [2.24, 2.45) is 0 Å². The van der Waals surface area contributed by atoms with Gasteiger partial charge in [-0.05, 0) is 54.3 Å². The molecule has 160 valence electrons. The highest BCUT2D eigenvalue weighted by Crippen LogP contribution is 2.39. The number of halogens is 1. The van der Waals surface area contributed by atoms with E-state index in [4.69, 9.17) is 16.6 Å². The van der Waals surface area contributed by atoms with Crippen molar-refractivity contribution in [1.29, 1.82) is 0 Å². The van der Waals surface area contributed by atoms with Crippen LogP contribution in [0.2, 0.25) is 5.02 Å². The zero-order valence-electron chi connectivity index (χ0n) is 17.4. The van der Waals surface area contributed by atoms with Crippen LogP contribution in [0.5, 0.6) is 0 Å². The van der Waals surface area contributed by atoms with E-state index >= 15 is 0 Å². The molecular weight excluding hydrogens is 422 g/mol. The van der Waals surface area contributed by atoms with Gasteiger partial charge in [-0.1, -0.05) is 54.1 Å². The van der Waals surface area contributed by atoms with Crippen LogP contribution in [-0.4, -0.2) is 15.5 Å². The summed E-state index contributed by atoms with van der Waals surface area (Å²) in [5.74, 6) is 1.03. The molecule has 0 aliphatic heterocycles. The van der Waals surface area contributed by atoms with Crippen LogP contribution in [0, 0.1) is 0 Å². The van der Waals surface area contributed by atoms with E-state index in [2.05, 4.69) is 5.32 Å². The van der Waals surface area contributed by atoms with Gasteiger partial charge < -0.3 is 5.32 Å². The molecule has 1 N–H and O–H groups in total. The molecule has 0 atom stereocenters. The van der Waals surface area contributed by atoms with Crippen molar-refractivity contribution in [2.75, 3.05) is 5.32 Å². The molecule has 1 amide bonds. The molecule has 1 aliphatic rings. The van der Waals surface area contributed by atoms with Crippen LogP contribution >= 0.6 is 11.6 Å². The normalized spacial score (nSPS) is 13.3. The van der Waals surface area contributed by atoms with Crippen LogP contribution in [0.4, 0.5) is 5.69 Å². The second kappa shape index (κ2) is 8.60. The quantitative estimate of drug-likeness (QED) is 0.448. The highest BCUT2D eigenvalue weighted by atomic mass is 35.5. The van der Waals surface area contributed by atoms with E-state index in [9.17, 15) is 9.59 Å². The first-order valence-electron chi connectivity index (χ1n) is 10.7. The van der Waals surface area contributed by atoms with Gasteiger partial charge >= 0.3 is 0 Å². The van der Waals surface area contributed by atoms with Gasteiger partial charge in [0.15, 0.2) is 0 Å². The molecule has 6 heteroatoms. The molecule has 3 aromatic carbocycles. The summed E-state index contributed by atoms with van der Waals surface area (Å²) in [6.07, 6.45) is 2.37.